The van der Waals surface area contributed by atoms with Crippen molar-refractivity contribution in [3.05, 3.63) is 111 Å². The lowest BCUT2D eigenvalue weighted by atomic mass is 10.0. The van der Waals surface area contributed by atoms with Crippen LogP contribution in [0.25, 0.3) is 11.0 Å². The highest BCUT2D eigenvalue weighted by Crippen LogP contribution is 2.35. The fourth-order valence-electron chi connectivity index (χ4n) is 4.51. The van der Waals surface area contributed by atoms with Crippen LogP contribution in [0.15, 0.2) is 86.9 Å². The van der Waals surface area contributed by atoms with Crippen LogP contribution in [0.1, 0.15) is 40.3 Å². The van der Waals surface area contributed by atoms with E-state index in [0.29, 0.717) is 18.1 Å². The van der Waals surface area contributed by atoms with Crippen LogP contribution in [0.5, 0.6) is 0 Å². The van der Waals surface area contributed by atoms with Gasteiger partial charge in [-0.1, -0.05) is 42.5 Å². The number of rotatable bonds is 5. The topological polar surface area (TPSA) is 76.4 Å². The van der Waals surface area contributed by atoms with Crippen LogP contribution in [0.3, 0.4) is 0 Å². The van der Waals surface area contributed by atoms with Crippen molar-refractivity contribution < 1.29 is 26.0 Å². The Balaban J connectivity index is 1.37. The van der Waals surface area contributed by atoms with E-state index in [4.69, 9.17) is 4.42 Å². The van der Waals surface area contributed by atoms with Crippen molar-refractivity contribution in [2.75, 3.05) is 0 Å². The molecule has 1 aliphatic carbocycles. The van der Waals surface area contributed by atoms with Gasteiger partial charge in [0.15, 0.2) is 0 Å². The summed E-state index contributed by atoms with van der Waals surface area (Å²) in [5.41, 5.74) is 1.15. The average Bonchev–Trinajstić information content (AvgIpc) is 3.21. The van der Waals surface area contributed by atoms with E-state index >= 15 is 0 Å². The minimum Gasteiger partial charge on any atom is -0.423 e. The highest BCUT2D eigenvalue weighted by molar-refractivity contribution is 7.89. The minimum absolute atomic E-state index is 0.116. The summed E-state index contributed by atoms with van der Waals surface area (Å²) in [6.07, 6.45) is -2.92. The molecule has 0 fully saturated rings. The van der Waals surface area contributed by atoms with Crippen LogP contribution in [0.4, 0.5) is 13.2 Å². The molecule has 0 saturated carbocycles. The highest BCUT2D eigenvalue weighted by atomic mass is 32.2. The Bertz CT molecular complexity index is 1580. The molecule has 0 bridgehead atoms. The molecule has 0 amide bonds. The minimum atomic E-state index is -4.70. The van der Waals surface area contributed by atoms with Crippen LogP contribution in [-0.2, 0) is 29.0 Å². The van der Waals surface area contributed by atoms with E-state index in [2.05, 4.69) is 4.72 Å². The third-order valence-corrected chi connectivity index (χ3v) is 7.67. The normalized spacial score (nSPS) is 15.9. The van der Waals surface area contributed by atoms with E-state index < -0.39 is 27.4 Å². The molecular weight excluding hydrogens is 479 g/mol. The van der Waals surface area contributed by atoms with Gasteiger partial charge in [0.25, 0.3) is 0 Å². The number of fused-ring (bicyclic) bond motifs is 2. The van der Waals surface area contributed by atoms with E-state index in [1.54, 1.807) is 18.2 Å². The number of aryl methyl sites for hydroxylation is 1. The van der Waals surface area contributed by atoms with Crippen LogP contribution in [0.2, 0.25) is 0 Å². The Morgan fingerprint density at radius 1 is 0.943 bits per heavy atom. The van der Waals surface area contributed by atoms with Crippen molar-refractivity contribution in [3.63, 3.8) is 0 Å². The third kappa shape index (κ3) is 4.74. The molecule has 5 rings (SSSR count). The van der Waals surface area contributed by atoms with E-state index in [1.807, 2.05) is 24.3 Å². The van der Waals surface area contributed by atoms with Gasteiger partial charge in [-0.3, -0.25) is 0 Å². The van der Waals surface area contributed by atoms with Crippen molar-refractivity contribution in [1.82, 2.24) is 4.72 Å². The van der Waals surface area contributed by atoms with Gasteiger partial charge in [0.2, 0.25) is 10.0 Å². The fourth-order valence-corrected chi connectivity index (χ4v) is 5.76. The molecule has 1 unspecified atom stereocenters. The Morgan fingerprint density at radius 2 is 1.66 bits per heavy atom. The standard InChI is InChI=1S/C26H20F3NO4S/c27-26(28,29)22-15-25(31)34-24-12-7-17(14-21(22)24)13-16-5-9-19(10-6-16)35(32,33)30-23-11-8-18-3-1-2-4-20(18)23/h1-7,9-10,12,14-15,23,30H,8,11,13H2. The first kappa shape index (κ1) is 23.3. The second-order valence-electron chi connectivity index (χ2n) is 8.54. The zero-order valence-electron chi connectivity index (χ0n) is 18.3. The summed E-state index contributed by atoms with van der Waals surface area (Å²) in [5.74, 6) is 0. The first-order chi connectivity index (χ1) is 16.6. The van der Waals surface area contributed by atoms with Crippen molar-refractivity contribution >= 4 is 21.0 Å². The van der Waals surface area contributed by atoms with Gasteiger partial charge in [0.05, 0.1) is 10.5 Å². The largest absolute Gasteiger partial charge is 0.423 e. The quantitative estimate of drug-likeness (QED) is 0.375. The fraction of sp³-hybridized carbons (Fsp3) is 0.192. The van der Waals surface area contributed by atoms with E-state index in [0.717, 1.165) is 23.1 Å². The molecule has 35 heavy (non-hydrogen) atoms. The number of benzene rings is 3. The summed E-state index contributed by atoms with van der Waals surface area (Å²) in [4.78, 5) is 11.6. The number of nitrogens with one attached hydrogen (secondary N) is 1. The average molecular weight is 500 g/mol. The first-order valence-corrected chi connectivity index (χ1v) is 12.4. The maximum absolute atomic E-state index is 13.4. The summed E-state index contributed by atoms with van der Waals surface area (Å²) in [6.45, 7) is 0. The van der Waals surface area contributed by atoms with Crippen LogP contribution >= 0.6 is 0 Å². The molecule has 1 atom stereocenters. The lowest BCUT2D eigenvalue weighted by Gasteiger charge is -2.15. The van der Waals surface area contributed by atoms with Gasteiger partial charge in [-0.25, -0.2) is 17.9 Å². The Hall–Kier alpha value is -3.43. The summed E-state index contributed by atoms with van der Waals surface area (Å²) >= 11 is 0. The van der Waals surface area contributed by atoms with Gasteiger partial charge in [-0.2, -0.15) is 13.2 Å². The third-order valence-electron chi connectivity index (χ3n) is 6.18. The van der Waals surface area contributed by atoms with E-state index in [-0.39, 0.29) is 28.3 Å². The van der Waals surface area contributed by atoms with Crippen molar-refractivity contribution in [2.45, 2.75) is 36.4 Å². The van der Waals surface area contributed by atoms with Crippen molar-refractivity contribution in [1.29, 1.82) is 0 Å². The predicted molar refractivity (Wildman–Crippen MR) is 125 cm³/mol. The number of sulfonamides is 1. The molecule has 1 N–H and O–H groups in total. The first-order valence-electron chi connectivity index (χ1n) is 10.9. The Morgan fingerprint density at radius 3 is 2.40 bits per heavy atom. The molecule has 0 spiro atoms. The number of hydrogen-bond acceptors (Lipinski definition) is 4. The lowest BCUT2D eigenvalue weighted by molar-refractivity contribution is -0.136. The zero-order chi connectivity index (χ0) is 24.8. The van der Waals surface area contributed by atoms with Gasteiger partial charge in [-0.15, -0.1) is 0 Å². The van der Waals surface area contributed by atoms with E-state index in [1.165, 1.54) is 24.3 Å². The summed E-state index contributed by atoms with van der Waals surface area (Å²) in [5, 5.41) is -0.199. The molecule has 0 radical (unpaired) electrons. The van der Waals surface area contributed by atoms with Gasteiger partial charge in [-0.05, 0) is 65.8 Å². The smallest absolute Gasteiger partial charge is 0.417 e. The van der Waals surface area contributed by atoms with Crippen LogP contribution in [0, 0.1) is 0 Å². The molecule has 3 aromatic carbocycles. The molecule has 5 nitrogen and oxygen atoms in total. The maximum atomic E-state index is 13.4. The molecule has 9 heteroatoms. The summed E-state index contributed by atoms with van der Waals surface area (Å²) in [6, 6.07) is 18.4. The van der Waals surface area contributed by atoms with Crippen LogP contribution in [-0.4, -0.2) is 8.42 Å². The molecule has 1 aliphatic rings. The SMILES string of the molecule is O=c1cc(C(F)(F)F)c2cc(Cc3ccc(S(=O)(=O)NC4CCc5ccccc54)cc3)ccc2o1. The predicted octanol–water partition coefficient (Wildman–Crippen LogP) is 5.37. The van der Waals surface area contributed by atoms with Gasteiger partial charge >= 0.3 is 11.8 Å². The highest BCUT2D eigenvalue weighted by Gasteiger charge is 2.34. The zero-order valence-corrected chi connectivity index (χ0v) is 19.1. The lowest BCUT2D eigenvalue weighted by Crippen LogP contribution is -2.27. The van der Waals surface area contributed by atoms with Gasteiger partial charge in [0.1, 0.15) is 5.58 Å². The molecule has 1 aromatic heterocycles. The second-order valence-corrected chi connectivity index (χ2v) is 10.3. The van der Waals surface area contributed by atoms with Gasteiger partial charge < -0.3 is 4.42 Å². The van der Waals surface area contributed by atoms with Crippen LogP contribution < -0.4 is 10.3 Å². The Kier molecular flexibility index (Phi) is 5.77. The number of alkyl halides is 3. The Labute approximate surface area is 199 Å². The van der Waals surface area contributed by atoms with Crippen molar-refractivity contribution in [2.24, 2.45) is 0 Å². The summed E-state index contributed by atoms with van der Waals surface area (Å²) < 4.78 is 73.7. The van der Waals surface area contributed by atoms with Crippen molar-refractivity contribution in [3.8, 4) is 0 Å². The number of halogens is 3. The second kappa shape index (κ2) is 8.66. The molecule has 0 saturated heterocycles. The molecule has 1 heterocycles. The molecule has 180 valence electrons. The van der Waals surface area contributed by atoms with Gasteiger partial charge in [0, 0.05) is 17.5 Å². The molecule has 4 aromatic rings. The molecular formula is C26H20F3NO4S. The van der Waals surface area contributed by atoms with E-state index in [9.17, 15) is 26.4 Å². The number of hydrogen-bond donors (Lipinski definition) is 1. The maximum Gasteiger partial charge on any atom is 0.417 e. The summed E-state index contributed by atoms with van der Waals surface area (Å²) in [7, 11) is -3.75. The monoisotopic (exact) mass is 499 g/mol. The molecule has 0 aliphatic heterocycles.